The molecule has 14 heteroatoms. The average Bonchev–Trinajstić information content (AvgIpc) is 3.95. The molecule has 2 aliphatic heterocycles. The number of amides is 4. The molecule has 6 rings (SSSR count). The third-order valence-electron chi connectivity index (χ3n) is 9.43. The Hall–Kier alpha value is -5.66. The molecule has 2 aromatic carbocycles. The zero-order valence-electron chi connectivity index (χ0n) is 28.1. The van der Waals surface area contributed by atoms with Crippen molar-refractivity contribution >= 4 is 24.0 Å². The van der Waals surface area contributed by atoms with Gasteiger partial charge in [0.25, 0.3) is 11.8 Å². The van der Waals surface area contributed by atoms with Crippen LogP contribution >= 0.6 is 0 Å². The normalized spacial score (nSPS) is 18.5. The average molecular weight is 683 g/mol. The number of aromatic amines is 2. The summed E-state index contributed by atoms with van der Waals surface area (Å²) in [5.74, 6) is 0.856. The fourth-order valence-electron chi connectivity index (χ4n) is 6.89. The molecule has 2 saturated heterocycles. The maximum absolute atomic E-state index is 13.1. The van der Waals surface area contributed by atoms with Gasteiger partial charge in [0.1, 0.15) is 11.6 Å². The molecule has 0 unspecified atom stereocenters. The quantitative estimate of drug-likeness (QED) is 0.165. The lowest BCUT2D eigenvalue weighted by Gasteiger charge is -2.26. The van der Waals surface area contributed by atoms with Gasteiger partial charge < -0.3 is 40.7 Å². The molecule has 6 N–H and O–H groups in total. The molecule has 4 heterocycles. The number of likely N-dealkylation sites (tertiary alicyclic amines) is 2. The van der Waals surface area contributed by atoms with Crippen molar-refractivity contribution in [2.24, 2.45) is 11.5 Å². The zero-order chi connectivity index (χ0) is 35.4. The Balaban J connectivity index is 1.11. The van der Waals surface area contributed by atoms with Gasteiger partial charge in [0.15, 0.2) is 12.2 Å². The number of nitrogens with one attached hydrogen (secondary N) is 2. The minimum Gasteiger partial charge on any atom is -0.436 e. The second-order valence-electron chi connectivity index (χ2n) is 12.6. The minimum absolute atomic E-state index is 0.235. The van der Waals surface area contributed by atoms with Gasteiger partial charge in [0.05, 0.1) is 35.9 Å². The van der Waals surface area contributed by atoms with E-state index in [2.05, 4.69) is 44.2 Å². The van der Waals surface area contributed by atoms with E-state index in [1.165, 1.54) is 0 Å². The van der Waals surface area contributed by atoms with Crippen molar-refractivity contribution in [2.75, 3.05) is 13.1 Å². The number of primary amides is 2. The molecule has 2 aromatic heterocycles. The Labute approximate surface area is 289 Å². The van der Waals surface area contributed by atoms with Gasteiger partial charge in [-0.2, -0.15) is 0 Å². The summed E-state index contributed by atoms with van der Waals surface area (Å²) in [7, 11) is 0. The fourth-order valence-corrected chi connectivity index (χ4v) is 6.89. The smallest absolute Gasteiger partial charge is 0.405 e. The first-order valence-electron chi connectivity index (χ1n) is 17.0. The summed E-state index contributed by atoms with van der Waals surface area (Å²) >= 11 is 0. The number of hydrogen-bond acceptors (Lipinski definition) is 8. The van der Waals surface area contributed by atoms with Crippen LogP contribution in [-0.2, 0) is 19.1 Å². The largest absolute Gasteiger partial charge is 0.436 e. The number of rotatable bonds is 11. The van der Waals surface area contributed by atoms with E-state index < -0.39 is 24.4 Å². The molecule has 2 aliphatic rings. The van der Waals surface area contributed by atoms with E-state index in [1.54, 1.807) is 36.0 Å². The van der Waals surface area contributed by atoms with E-state index in [-0.39, 0.29) is 23.9 Å². The monoisotopic (exact) mass is 682 g/mol. The number of aromatic nitrogens is 4. The van der Waals surface area contributed by atoms with Gasteiger partial charge in [-0.3, -0.25) is 9.59 Å². The van der Waals surface area contributed by atoms with Gasteiger partial charge in [-0.15, -0.1) is 0 Å². The molecule has 0 spiro atoms. The van der Waals surface area contributed by atoms with E-state index in [4.69, 9.17) is 20.9 Å². The SMILES string of the molecule is CC[C@@H](OC(N)=O)C(=O)N1CCC[C@H]1c1ncc(-c2ccc(-c3ccc(-c4cnc([C@@H]5CCCN5C(=O)[C@@H](CC)OC(N)=O)[nH]4)cc3)cc2)[nH]1. The maximum Gasteiger partial charge on any atom is 0.405 e. The highest BCUT2D eigenvalue weighted by molar-refractivity contribution is 5.84. The molecule has 0 bridgehead atoms. The van der Waals surface area contributed by atoms with Crippen molar-refractivity contribution in [1.29, 1.82) is 0 Å². The van der Waals surface area contributed by atoms with Crippen LogP contribution in [0.2, 0.25) is 0 Å². The van der Waals surface area contributed by atoms with Crippen LogP contribution in [0, 0.1) is 0 Å². The molecule has 4 atom stereocenters. The third kappa shape index (κ3) is 7.19. The van der Waals surface area contributed by atoms with Gasteiger partial charge in [0.2, 0.25) is 0 Å². The van der Waals surface area contributed by atoms with E-state index in [0.717, 1.165) is 59.3 Å². The molecule has 4 amide bonds. The summed E-state index contributed by atoms with van der Waals surface area (Å²) in [5.41, 5.74) is 16.0. The lowest BCUT2D eigenvalue weighted by Crippen LogP contribution is -2.41. The van der Waals surface area contributed by atoms with E-state index in [1.807, 2.05) is 24.3 Å². The fraction of sp³-hybridized carbons (Fsp3) is 0.389. The summed E-state index contributed by atoms with van der Waals surface area (Å²) in [6, 6.07) is 15.8. The lowest BCUT2D eigenvalue weighted by molar-refractivity contribution is -0.142. The second kappa shape index (κ2) is 14.8. The van der Waals surface area contributed by atoms with Crippen molar-refractivity contribution in [3.05, 3.63) is 72.6 Å². The highest BCUT2D eigenvalue weighted by Crippen LogP contribution is 2.35. The second-order valence-corrected chi connectivity index (χ2v) is 12.6. The zero-order valence-corrected chi connectivity index (χ0v) is 28.1. The van der Waals surface area contributed by atoms with Crippen molar-refractivity contribution in [2.45, 2.75) is 76.7 Å². The van der Waals surface area contributed by atoms with E-state index in [0.29, 0.717) is 37.6 Å². The Bertz CT molecular complexity index is 1700. The maximum atomic E-state index is 13.1. The summed E-state index contributed by atoms with van der Waals surface area (Å²) in [6.45, 7) is 4.67. The highest BCUT2D eigenvalue weighted by Gasteiger charge is 2.37. The predicted octanol–water partition coefficient (Wildman–Crippen LogP) is 5.21. The molecule has 0 aliphatic carbocycles. The van der Waals surface area contributed by atoms with Gasteiger partial charge in [-0.05, 0) is 60.8 Å². The Kier molecular flexibility index (Phi) is 10.2. The summed E-state index contributed by atoms with van der Waals surface area (Å²) in [6.07, 6.45) is 3.64. The van der Waals surface area contributed by atoms with Crippen molar-refractivity contribution in [1.82, 2.24) is 29.7 Å². The van der Waals surface area contributed by atoms with E-state index >= 15 is 0 Å². The molecule has 2 fully saturated rings. The molecule has 0 radical (unpaired) electrons. The Morgan fingerprint density at radius 3 is 1.38 bits per heavy atom. The molecule has 262 valence electrons. The van der Waals surface area contributed by atoms with Crippen LogP contribution in [-0.4, -0.2) is 79.0 Å². The van der Waals surface area contributed by atoms with Gasteiger partial charge in [-0.25, -0.2) is 19.6 Å². The van der Waals surface area contributed by atoms with Crippen LogP contribution in [0.4, 0.5) is 9.59 Å². The Morgan fingerprint density at radius 2 is 1.04 bits per heavy atom. The molecule has 14 nitrogen and oxygen atoms in total. The van der Waals surface area contributed by atoms with Crippen LogP contribution in [0.25, 0.3) is 33.6 Å². The van der Waals surface area contributed by atoms with Gasteiger partial charge in [-0.1, -0.05) is 62.4 Å². The topological polar surface area (TPSA) is 203 Å². The number of nitrogens with two attached hydrogens (primary N) is 2. The number of H-pyrrole nitrogens is 2. The predicted molar refractivity (Wildman–Crippen MR) is 184 cm³/mol. The standard InChI is InChI=1S/C36H42N8O6/c1-3-29(49-35(37)47)33(45)43-17-5-7-27(43)31-39-19-25(41-31)23-13-9-21(10-14-23)22-11-15-24(16-12-22)26-20-40-32(42-26)28-8-6-18-44(28)34(46)30(4-2)50-36(38)48/h9-16,19-20,27-30H,3-8,17-18H2,1-2H3,(H2,37,47)(H2,38,48)(H,39,41)(H,40,42)/t27-,28-,29+,30+/m0/s1. The summed E-state index contributed by atoms with van der Waals surface area (Å²) in [5, 5.41) is 0. The highest BCUT2D eigenvalue weighted by atomic mass is 16.6. The first-order valence-corrected chi connectivity index (χ1v) is 17.0. The molecule has 50 heavy (non-hydrogen) atoms. The van der Waals surface area contributed by atoms with Crippen LogP contribution in [0.5, 0.6) is 0 Å². The molecule has 0 saturated carbocycles. The lowest BCUT2D eigenvalue weighted by atomic mass is 10.0. The molecule has 4 aromatic rings. The molecular weight excluding hydrogens is 640 g/mol. The van der Waals surface area contributed by atoms with E-state index in [9.17, 15) is 19.2 Å². The Morgan fingerprint density at radius 1 is 0.680 bits per heavy atom. The van der Waals surface area contributed by atoms with Crippen molar-refractivity contribution in [3.63, 3.8) is 0 Å². The van der Waals surface area contributed by atoms with Crippen molar-refractivity contribution in [3.8, 4) is 33.6 Å². The van der Waals surface area contributed by atoms with Gasteiger partial charge in [0, 0.05) is 13.1 Å². The van der Waals surface area contributed by atoms with Crippen LogP contribution in [0.1, 0.15) is 76.1 Å². The minimum atomic E-state index is -0.962. The molecular formula is C36H42N8O6. The number of imidazole rings is 2. The number of carbonyl (C=O) groups is 4. The van der Waals surface area contributed by atoms with Crippen LogP contribution in [0.3, 0.4) is 0 Å². The number of nitrogens with zero attached hydrogens (tertiary/aromatic N) is 4. The van der Waals surface area contributed by atoms with Gasteiger partial charge >= 0.3 is 12.2 Å². The van der Waals surface area contributed by atoms with Crippen molar-refractivity contribution < 1.29 is 28.7 Å². The van der Waals surface area contributed by atoms with Crippen LogP contribution in [0.15, 0.2) is 60.9 Å². The first-order chi connectivity index (χ1) is 24.2. The summed E-state index contributed by atoms with van der Waals surface area (Å²) in [4.78, 5) is 68.2. The number of benzene rings is 2. The first kappa shape index (κ1) is 34.2. The summed E-state index contributed by atoms with van der Waals surface area (Å²) < 4.78 is 10.1. The third-order valence-corrected chi connectivity index (χ3v) is 9.43. The number of hydrogen-bond donors (Lipinski definition) is 4. The number of carbonyl (C=O) groups excluding carboxylic acids is 4. The number of ether oxygens (including phenoxy) is 2. The van der Waals surface area contributed by atoms with Crippen LogP contribution < -0.4 is 11.5 Å².